The van der Waals surface area contributed by atoms with Gasteiger partial charge < -0.3 is 9.84 Å². The van der Waals surface area contributed by atoms with E-state index in [4.69, 9.17) is 16.3 Å². The van der Waals surface area contributed by atoms with E-state index in [1.54, 1.807) is 0 Å². The fraction of sp³-hybridized carbons (Fsp3) is 0.308. The topological polar surface area (TPSA) is 77.2 Å². The zero-order valence-corrected chi connectivity index (χ0v) is 11.5. The third-order valence-corrected chi connectivity index (χ3v) is 3.58. The second-order valence-electron chi connectivity index (χ2n) is 4.64. The molecule has 0 bridgehead atoms. The maximum Gasteiger partial charge on any atom is 0.358 e. The van der Waals surface area contributed by atoms with Crippen molar-refractivity contribution in [1.29, 1.82) is 0 Å². The van der Waals surface area contributed by atoms with Gasteiger partial charge >= 0.3 is 5.97 Å². The van der Waals surface area contributed by atoms with Gasteiger partial charge in [0, 0.05) is 6.61 Å². The van der Waals surface area contributed by atoms with Crippen molar-refractivity contribution < 1.29 is 19.0 Å². The minimum absolute atomic E-state index is 0.0711. The molecule has 1 aromatic carbocycles. The van der Waals surface area contributed by atoms with Crippen LogP contribution < -0.4 is 0 Å². The van der Waals surface area contributed by atoms with Gasteiger partial charge in [-0.3, -0.25) is 0 Å². The van der Waals surface area contributed by atoms with Crippen LogP contribution >= 0.6 is 11.6 Å². The largest absolute Gasteiger partial charge is 0.476 e. The Bertz CT molecular complexity index is 698. The first-order chi connectivity index (χ1) is 10.1. The summed E-state index contributed by atoms with van der Waals surface area (Å²) in [7, 11) is 0. The van der Waals surface area contributed by atoms with E-state index in [0.29, 0.717) is 24.4 Å². The van der Waals surface area contributed by atoms with Crippen LogP contribution in [-0.4, -0.2) is 32.7 Å². The molecule has 0 amide bonds. The summed E-state index contributed by atoms with van der Waals surface area (Å²) in [5.74, 6) is -1.74. The Hall–Kier alpha value is -1.99. The minimum atomic E-state index is -1.18. The lowest BCUT2D eigenvalue weighted by molar-refractivity contribution is 0.0673. The number of aromatic carboxylic acids is 1. The fourth-order valence-corrected chi connectivity index (χ4v) is 2.51. The van der Waals surface area contributed by atoms with Gasteiger partial charge in [0.05, 0.1) is 10.7 Å². The molecule has 0 radical (unpaired) electrons. The molecule has 1 fully saturated rings. The summed E-state index contributed by atoms with van der Waals surface area (Å²) >= 11 is 5.76. The molecule has 1 aliphatic heterocycles. The summed E-state index contributed by atoms with van der Waals surface area (Å²) in [6, 6.07) is 4.02. The van der Waals surface area contributed by atoms with E-state index in [-0.39, 0.29) is 10.7 Å². The van der Waals surface area contributed by atoms with Crippen molar-refractivity contribution in [1.82, 2.24) is 15.0 Å². The molecular formula is C13H11ClFN3O3. The van der Waals surface area contributed by atoms with Gasteiger partial charge in [-0.1, -0.05) is 16.8 Å². The van der Waals surface area contributed by atoms with Crippen LogP contribution in [-0.2, 0) is 4.74 Å². The van der Waals surface area contributed by atoms with Gasteiger partial charge in [0.15, 0.2) is 5.69 Å². The van der Waals surface area contributed by atoms with E-state index in [0.717, 1.165) is 6.42 Å². The highest BCUT2D eigenvalue weighted by Crippen LogP contribution is 2.32. The average Bonchev–Trinajstić information content (AvgIpc) is 3.09. The van der Waals surface area contributed by atoms with Crippen LogP contribution in [0.1, 0.15) is 35.1 Å². The Balaban J connectivity index is 2.13. The van der Waals surface area contributed by atoms with Crippen LogP contribution in [0.5, 0.6) is 0 Å². The molecule has 1 N–H and O–H groups in total. The van der Waals surface area contributed by atoms with E-state index >= 15 is 0 Å². The van der Waals surface area contributed by atoms with Crippen molar-refractivity contribution in [3.05, 3.63) is 40.4 Å². The molecule has 3 rings (SSSR count). The molecule has 2 heterocycles. The summed E-state index contributed by atoms with van der Waals surface area (Å²) in [5.41, 5.74) is 0.622. The molecule has 1 aromatic heterocycles. The predicted octanol–water partition coefficient (Wildman–Crippen LogP) is 2.61. The number of carboxylic acid groups (broad SMARTS) is 1. The smallest absolute Gasteiger partial charge is 0.358 e. The number of halogens is 2. The molecule has 110 valence electrons. The molecule has 1 saturated heterocycles. The lowest BCUT2D eigenvalue weighted by Crippen LogP contribution is -2.11. The number of hydrogen-bond donors (Lipinski definition) is 1. The molecular weight excluding hydrogens is 301 g/mol. The Morgan fingerprint density at radius 3 is 2.95 bits per heavy atom. The first-order valence-corrected chi connectivity index (χ1v) is 6.71. The quantitative estimate of drug-likeness (QED) is 0.942. The second kappa shape index (κ2) is 5.42. The predicted molar refractivity (Wildman–Crippen MR) is 71.2 cm³/mol. The molecule has 1 unspecified atom stereocenters. The summed E-state index contributed by atoms with van der Waals surface area (Å²) < 4.78 is 20.1. The van der Waals surface area contributed by atoms with Gasteiger partial charge in [0.2, 0.25) is 0 Å². The van der Waals surface area contributed by atoms with Crippen molar-refractivity contribution in [3.63, 3.8) is 0 Å². The zero-order valence-electron chi connectivity index (χ0n) is 10.8. The Morgan fingerprint density at radius 2 is 2.33 bits per heavy atom. The van der Waals surface area contributed by atoms with E-state index in [1.165, 1.54) is 22.9 Å². The maximum atomic E-state index is 13.3. The monoisotopic (exact) mass is 311 g/mol. The summed E-state index contributed by atoms with van der Waals surface area (Å²) in [6.07, 6.45) is 1.12. The van der Waals surface area contributed by atoms with Crippen LogP contribution in [0.15, 0.2) is 18.2 Å². The highest BCUT2D eigenvalue weighted by Gasteiger charge is 2.30. The van der Waals surface area contributed by atoms with Crippen LogP contribution in [0.25, 0.3) is 5.69 Å². The number of rotatable bonds is 3. The van der Waals surface area contributed by atoms with Crippen molar-refractivity contribution >= 4 is 17.6 Å². The molecule has 1 atom stereocenters. The fourth-order valence-electron chi connectivity index (χ4n) is 2.33. The molecule has 0 saturated carbocycles. The highest BCUT2D eigenvalue weighted by molar-refractivity contribution is 6.30. The van der Waals surface area contributed by atoms with Crippen molar-refractivity contribution in [2.24, 2.45) is 0 Å². The van der Waals surface area contributed by atoms with Crippen molar-refractivity contribution in [3.8, 4) is 5.69 Å². The minimum Gasteiger partial charge on any atom is -0.476 e. The number of hydrogen-bond acceptors (Lipinski definition) is 4. The van der Waals surface area contributed by atoms with Crippen molar-refractivity contribution in [2.45, 2.75) is 18.9 Å². The molecule has 0 aliphatic carbocycles. The van der Waals surface area contributed by atoms with Crippen LogP contribution in [0, 0.1) is 5.82 Å². The number of nitrogens with zero attached hydrogens (tertiary/aromatic N) is 3. The van der Waals surface area contributed by atoms with Gasteiger partial charge in [-0.05, 0) is 31.0 Å². The van der Waals surface area contributed by atoms with E-state index in [1.807, 2.05) is 0 Å². The Morgan fingerprint density at radius 1 is 1.52 bits per heavy atom. The molecule has 21 heavy (non-hydrogen) atoms. The highest BCUT2D eigenvalue weighted by atomic mass is 35.5. The summed E-state index contributed by atoms with van der Waals surface area (Å²) in [5, 5.41) is 16.7. The lowest BCUT2D eigenvalue weighted by atomic mass is 10.1. The Kier molecular flexibility index (Phi) is 3.60. The molecule has 8 heteroatoms. The molecule has 0 spiro atoms. The first-order valence-electron chi connectivity index (χ1n) is 6.34. The first kappa shape index (κ1) is 14.0. The van der Waals surface area contributed by atoms with Gasteiger partial charge in [0.1, 0.15) is 17.6 Å². The summed E-state index contributed by atoms with van der Waals surface area (Å²) in [4.78, 5) is 11.3. The summed E-state index contributed by atoms with van der Waals surface area (Å²) in [6.45, 7) is 0.555. The van der Waals surface area contributed by atoms with E-state index < -0.39 is 17.9 Å². The van der Waals surface area contributed by atoms with Crippen LogP contribution in [0.3, 0.4) is 0 Å². The third kappa shape index (κ3) is 2.50. The lowest BCUT2D eigenvalue weighted by Gasteiger charge is -2.13. The third-order valence-electron chi connectivity index (χ3n) is 3.29. The second-order valence-corrected chi connectivity index (χ2v) is 5.05. The standard InChI is InChI=1S/C13H11ClFN3O3/c14-8-6-7(3-4-9(8)15)18-12(10-2-1-5-21-10)11(13(19)20)16-17-18/h3-4,6,10H,1-2,5H2,(H,19,20). The average molecular weight is 312 g/mol. The number of carboxylic acids is 1. The SMILES string of the molecule is O=C(O)c1nnn(-c2ccc(F)c(Cl)c2)c1C1CCCO1. The maximum absolute atomic E-state index is 13.3. The van der Waals surface area contributed by atoms with Gasteiger partial charge in [-0.2, -0.15) is 0 Å². The number of aromatic nitrogens is 3. The molecule has 2 aromatic rings. The van der Waals surface area contributed by atoms with Crippen LogP contribution in [0.4, 0.5) is 4.39 Å². The van der Waals surface area contributed by atoms with E-state index in [2.05, 4.69) is 10.3 Å². The van der Waals surface area contributed by atoms with E-state index in [9.17, 15) is 14.3 Å². The zero-order chi connectivity index (χ0) is 15.0. The van der Waals surface area contributed by atoms with Gasteiger partial charge in [-0.15, -0.1) is 5.10 Å². The molecule has 1 aliphatic rings. The Labute approximate surface area is 124 Å². The van der Waals surface area contributed by atoms with Crippen LogP contribution in [0.2, 0.25) is 5.02 Å². The normalized spacial score (nSPS) is 18.1. The number of ether oxygens (including phenoxy) is 1. The molecule has 6 nitrogen and oxygen atoms in total. The number of benzene rings is 1. The van der Waals surface area contributed by atoms with Gasteiger partial charge in [-0.25, -0.2) is 13.9 Å². The van der Waals surface area contributed by atoms with Gasteiger partial charge in [0.25, 0.3) is 0 Å². The van der Waals surface area contributed by atoms with Crippen molar-refractivity contribution in [2.75, 3.05) is 6.61 Å². The number of carbonyl (C=O) groups is 1.